The van der Waals surface area contributed by atoms with Gasteiger partial charge in [0.05, 0.1) is 15.4 Å². The number of ether oxygens (including phenoxy) is 1. The average molecular weight is 418 g/mol. The van der Waals surface area contributed by atoms with Gasteiger partial charge < -0.3 is 4.74 Å². The zero-order valence-electron chi connectivity index (χ0n) is 16.0. The van der Waals surface area contributed by atoms with Gasteiger partial charge in [-0.2, -0.15) is 4.31 Å². The Morgan fingerprint density at radius 3 is 2.38 bits per heavy atom. The molecule has 2 aromatic rings. The molecule has 0 aliphatic carbocycles. The maximum absolute atomic E-state index is 12.8. The first-order chi connectivity index (χ1) is 13.8. The molecule has 0 bridgehead atoms. The highest BCUT2D eigenvalue weighted by Crippen LogP contribution is 2.25. The molecule has 29 heavy (non-hydrogen) atoms. The van der Waals surface area contributed by atoms with E-state index in [0.29, 0.717) is 12.1 Å². The topological polar surface area (TPSA) is 107 Å². The summed E-state index contributed by atoms with van der Waals surface area (Å²) in [6, 6.07) is 11.4. The van der Waals surface area contributed by atoms with E-state index in [9.17, 15) is 23.3 Å². The molecule has 0 amide bonds. The van der Waals surface area contributed by atoms with E-state index in [-0.39, 0.29) is 28.8 Å². The minimum absolute atomic E-state index is 0.0395. The van der Waals surface area contributed by atoms with Crippen LogP contribution in [0.25, 0.3) is 0 Å². The van der Waals surface area contributed by atoms with Gasteiger partial charge in [-0.3, -0.25) is 10.1 Å². The number of hydrogen-bond acceptors (Lipinski definition) is 6. The number of nitro groups is 1. The van der Waals surface area contributed by atoms with E-state index < -0.39 is 20.9 Å². The number of piperidine rings is 1. The summed E-state index contributed by atoms with van der Waals surface area (Å²) in [6.45, 7) is 2.37. The molecular weight excluding hydrogens is 396 g/mol. The summed E-state index contributed by atoms with van der Waals surface area (Å²) in [7, 11) is -3.59. The van der Waals surface area contributed by atoms with E-state index in [1.807, 2.05) is 6.92 Å². The first kappa shape index (κ1) is 20.9. The summed E-state index contributed by atoms with van der Waals surface area (Å²) in [6.07, 6.45) is 2.70. The Morgan fingerprint density at radius 2 is 1.79 bits per heavy atom. The predicted molar refractivity (Wildman–Crippen MR) is 106 cm³/mol. The second-order valence-corrected chi connectivity index (χ2v) is 8.88. The van der Waals surface area contributed by atoms with Gasteiger partial charge >= 0.3 is 5.97 Å². The minimum Gasteiger partial charge on any atom is -0.457 e. The molecule has 1 aliphatic rings. The fraction of sp³-hybridized carbons (Fsp3) is 0.350. The summed E-state index contributed by atoms with van der Waals surface area (Å²) in [4.78, 5) is 22.5. The summed E-state index contributed by atoms with van der Waals surface area (Å²) in [5.41, 5.74) is 0.805. The molecule has 1 aliphatic heterocycles. The molecule has 2 aromatic carbocycles. The van der Waals surface area contributed by atoms with Crippen LogP contribution in [0.4, 0.5) is 5.69 Å². The van der Waals surface area contributed by atoms with Crippen molar-refractivity contribution in [2.24, 2.45) is 0 Å². The number of esters is 1. The smallest absolute Gasteiger partial charge is 0.338 e. The second kappa shape index (κ2) is 8.71. The van der Waals surface area contributed by atoms with Crippen LogP contribution >= 0.6 is 0 Å². The van der Waals surface area contributed by atoms with Crippen molar-refractivity contribution in [2.45, 2.75) is 43.7 Å². The maximum Gasteiger partial charge on any atom is 0.338 e. The Kier molecular flexibility index (Phi) is 6.29. The molecule has 0 saturated carbocycles. The molecule has 1 saturated heterocycles. The first-order valence-electron chi connectivity index (χ1n) is 9.31. The molecular formula is C20H22N2O6S. The highest BCUT2D eigenvalue weighted by molar-refractivity contribution is 7.89. The average Bonchev–Trinajstić information content (AvgIpc) is 2.72. The fourth-order valence-electron chi connectivity index (χ4n) is 3.27. The number of nitrogens with zero attached hydrogens (tertiary/aromatic N) is 2. The number of sulfonamides is 1. The minimum atomic E-state index is -3.59. The third-order valence-corrected chi connectivity index (χ3v) is 6.98. The van der Waals surface area contributed by atoms with Crippen LogP contribution in [0.3, 0.4) is 0 Å². The zero-order chi connectivity index (χ0) is 21.0. The van der Waals surface area contributed by atoms with Crippen LogP contribution in [0.2, 0.25) is 0 Å². The molecule has 1 fully saturated rings. The van der Waals surface area contributed by atoms with Gasteiger partial charge in [-0.1, -0.05) is 6.42 Å². The summed E-state index contributed by atoms with van der Waals surface area (Å²) < 4.78 is 32.4. The SMILES string of the molecule is C[C@@H]1CCCCN1S(=O)(=O)c1ccc(C(=O)OCc2ccc([N+](=O)[O-])cc2)cc1. The molecule has 3 rings (SSSR count). The molecule has 1 atom stereocenters. The molecule has 1 heterocycles. The molecule has 154 valence electrons. The Morgan fingerprint density at radius 1 is 1.14 bits per heavy atom. The molecule has 0 unspecified atom stereocenters. The Balaban J connectivity index is 1.64. The summed E-state index contributed by atoms with van der Waals surface area (Å²) >= 11 is 0. The number of non-ortho nitro benzene ring substituents is 1. The lowest BCUT2D eigenvalue weighted by Gasteiger charge is -2.32. The van der Waals surface area contributed by atoms with E-state index in [4.69, 9.17) is 4.74 Å². The number of carbonyl (C=O) groups is 1. The van der Waals surface area contributed by atoms with Crippen LogP contribution in [0.5, 0.6) is 0 Å². The van der Waals surface area contributed by atoms with Gasteiger partial charge in [-0.15, -0.1) is 0 Å². The van der Waals surface area contributed by atoms with Gasteiger partial charge in [0.15, 0.2) is 0 Å². The Bertz CT molecular complexity index is 987. The van der Waals surface area contributed by atoms with Crippen molar-refractivity contribution < 1.29 is 22.9 Å². The van der Waals surface area contributed by atoms with Crippen molar-refractivity contribution in [1.82, 2.24) is 4.31 Å². The highest BCUT2D eigenvalue weighted by Gasteiger charge is 2.30. The standard InChI is InChI=1S/C20H22N2O6S/c1-15-4-2-3-13-21(15)29(26,27)19-11-7-17(8-12-19)20(23)28-14-16-5-9-18(10-6-16)22(24)25/h5-12,15H,2-4,13-14H2,1H3/t15-/m1/s1. The third-order valence-electron chi connectivity index (χ3n) is 4.96. The molecule has 0 aromatic heterocycles. The van der Waals surface area contributed by atoms with Gasteiger partial charge in [0.25, 0.3) is 5.69 Å². The number of nitro benzene ring substituents is 1. The van der Waals surface area contributed by atoms with Crippen LogP contribution in [0.1, 0.15) is 42.1 Å². The van der Waals surface area contributed by atoms with Crippen LogP contribution in [-0.2, 0) is 21.4 Å². The van der Waals surface area contributed by atoms with Crippen LogP contribution in [0, 0.1) is 10.1 Å². The molecule has 9 heteroatoms. The Labute approximate surface area is 169 Å². The third kappa shape index (κ3) is 4.80. The van der Waals surface area contributed by atoms with Crippen molar-refractivity contribution in [2.75, 3.05) is 6.54 Å². The van der Waals surface area contributed by atoms with Gasteiger partial charge in [0.2, 0.25) is 10.0 Å². The molecule has 0 spiro atoms. The van der Waals surface area contributed by atoms with Crippen LogP contribution < -0.4 is 0 Å². The number of rotatable bonds is 6. The second-order valence-electron chi connectivity index (χ2n) is 6.98. The van der Waals surface area contributed by atoms with Crippen LogP contribution in [0.15, 0.2) is 53.4 Å². The monoisotopic (exact) mass is 418 g/mol. The van der Waals surface area contributed by atoms with Gasteiger partial charge in [0, 0.05) is 24.7 Å². The lowest BCUT2D eigenvalue weighted by molar-refractivity contribution is -0.384. The summed E-state index contributed by atoms with van der Waals surface area (Å²) in [5, 5.41) is 10.7. The van der Waals surface area contributed by atoms with Crippen molar-refractivity contribution >= 4 is 21.7 Å². The van der Waals surface area contributed by atoms with Gasteiger partial charge in [0.1, 0.15) is 6.61 Å². The van der Waals surface area contributed by atoms with E-state index in [0.717, 1.165) is 19.3 Å². The van der Waals surface area contributed by atoms with E-state index in [1.165, 1.54) is 52.8 Å². The zero-order valence-corrected chi connectivity index (χ0v) is 16.8. The predicted octanol–water partition coefficient (Wildman–Crippen LogP) is 3.51. The number of hydrogen-bond donors (Lipinski definition) is 0. The van der Waals surface area contributed by atoms with E-state index >= 15 is 0 Å². The number of carbonyl (C=O) groups excluding carboxylic acids is 1. The Hall–Kier alpha value is -2.78. The quantitative estimate of drug-likeness (QED) is 0.404. The fourth-order valence-corrected chi connectivity index (χ4v) is 4.97. The molecule has 8 nitrogen and oxygen atoms in total. The van der Waals surface area contributed by atoms with Crippen molar-refractivity contribution in [3.63, 3.8) is 0 Å². The maximum atomic E-state index is 12.8. The van der Waals surface area contributed by atoms with E-state index in [1.54, 1.807) is 0 Å². The first-order valence-corrected chi connectivity index (χ1v) is 10.8. The lowest BCUT2D eigenvalue weighted by Crippen LogP contribution is -2.41. The van der Waals surface area contributed by atoms with E-state index in [2.05, 4.69) is 0 Å². The summed E-state index contributed by atoms with van der Waals surface area (Å²) in [5.74, 6) is -0.598. The number of benzene rings is 2. The lowest BCUT2D eigenvalue weighted by atomic mass is 10.1. The van der Waals surface area contributed by atoms with Crippen molar-refractivity contribution in [3.05, 3.63) is 69.8 Å². The molecule has 0 radical (unpaired) electrons. The van der Waals surface area contributed by atoms with Crippen molar-refractivity contribution in [3.8, 4) is 0 Å². The highest BCUT2D eigenvalue weighted by atomic mass is 32.2. The van der Waals surface area contributed by atoms with Gasteiger partial charge in [-0.05, 0) is 61.7 Å². The molecule has 0 N–H and O–H groups in total. The largest absolute Gasteiger partial charge is 0.457 e. The van der Waals surface area contributed by atoms with Gasteiger partial charge in [-0.25, -0.2) is 13.2 Å². The van der Waals surface area contributed by atoms with Crippen molar-refractivity contribution in [1.29, 1.82) is 0 Å². The van der Waals surface area contributed by atoms with Crippen LogP contribution in [-0.4, -0.2) is 36.2 Å². The normalized spacial score (nSPS) is 17.6.